The number of thiophene rings is 1. The molecule has 0 N–H and O–H groups in total. The number of halogens is 2. The Hall–Kier alpha value is -2.87. The Balaban J connectivity index is 1.06. The normalized spacial score (nSPS) is 14.5. The van der Waals surface area contributed by atoms with E-state index in [1.807, 2.05) is 53.9 Å². The van der Waals surface area contributed by atoms with Crippen LogP contribution in [0.5, 0.6) is 0 Å². The molecule has 1 fully saturated rings. The van der Waals surface area contributed by atoms with E-state index in [2.05, 4.69) is 18.7 Å². The van der Waals surface area contributed by atoms with Crippen LogP contribution in [0.15, 0.2) is 83.2 Å². The van der Waals surface area contributed by atoms with Crippen LogP contribution in [-0.4, -0.2) is 41.1 Å². The van der Waals surface area contributed by atoms with Gasteiger partial charge in [0.2, 0.25) is 5.78 Å². The Labute approximate surface area is 269 Å². The predicted molar refractivity (Wildman–Crippen MR) is 179 cm³/mol. The minimum absolute atomic E-state index is 0.0655. The standard InChI is InChI=1S/C37H42F2N2OS2/c1-26(2)33-18-17-32(36(42)34-8-7-25-43-34)37(40-33)44-24-6-4-3-5-21-41-22-19-29(20-23-41)35(27-9-13-30(38)14-10-27)28-11-15-31(39)16-12-28/h7-18,25-26,29,35H,3-6,19-24H2,1-2H3. The summed E-state index contributed by atoms with van der Waals surface area (Å²) in [6.45, 7) is 7.48. The summed E-state index contributed by atoms with van der Waals surface area (Å²) in [5.74, 6) is 1.47. The van der Waals surface area contributed by atoms with Crippen molar-refractivity contribution in [1.82, 2.24) is 9.88 Å². The molecule has 0 aliphatic carbocycles. The number of pyridine rings is 1. The van der Waals surface area contributed by atoms with Gasteiger partial charge in [-0.15, -0.1) is 23.1 Å². The molecule has 3 nitrogen and oxygen atoms in total. The van der Waals surface area contributed by atoms with E-state index in [1.54, 1.807) is 11.8 Å². The number of aromatic nitrogens is 1. The molecular formula is C37H42F2N2OS2. The minimum Gasteiger partial charge on any atom is -0.303 e. The second-order valence-corrected chi connectivity index (χ2v) is 14.1. The molecule has 3 heterocycles. The maximum atomic E-state index is 13.7. The summed E-state index contributed by atoms with van der Waals surface area (Å²) in [6, 6.07) is 21.4. The molecule has 0 unspecified atom stereocenters. The van der Waals surface area contributed by atoms with Crippen molar-refractivity contribution in [3.8, 4) is 0 Å². The SMILES string of the molecule is CC(C)c1ccc(C(=O)c2cccs2)c(SCCCCCCN2CCC(C(c3ccc(F)cc3)c3ccc(F)cc3)CC2)n1. The molecule has 0 amide bonds. The number of hydrogen-bond acceptors (Lipinski definition) is 5. The Morgan fingerprint density at radius 3 is 2.11 bits per heavy atom. The molecule has 0 saturated carbocycles. The Kier molecular flexibility index (Phi) is 11.8. The maximum absolute atomic E-state index is 13.7. The number of benzene rings is 2. The van der Waals surface area contributed by atoms with Crippen molar-refractivity contribution in [1.29, 1.82) is 0 Å². The van der Waals surface area contributed by atoms with E-state index in [4.69, 9.17) is 4.98 Å². The highest BCUT2D eigenvalue weighted by Crippen LogP contribution is 2.38. The fraction of sp³-hybridized carbons (Fsp3) is 0.405. The molecule has 2 aromatic carbocycles. The highest BCUT2D eigenvalue weighted by molar-refractivity contribution is 7.99. The topological polar surface area (TPSA) is 33.2 Å². The van der Waals surface area contributed by atoms with Crippen LogP contribution in [0.3, 0.4) is 0 Å². The number of thioether (sulfide) groups is 1. The summed E-state index contributed by atoms with van der Waals surface area (Å²) in [7, 11) is 0. The lowest BCUT2D eigenvalue weighted by Crippen LogP contribution is -2.36. The first-order chi connectivity index (χ1) is 21.4. The van der Waals surface area contributed by atoms with Crippen molar-refractivity contribution in [3.63, 3.8) is 0 Å². The summed E-state index contributed by atoms with van der Waals surface area (Å²) in [5.41, 5.74) is 3.94. The van der Waals surface area contributed by atoms with Crippen molar-refractivity contribution in [2.24, 2.45) is 5.92 Å². The number of ketones is 1. The average Bonchev–Trinajstić information content (AvgIpc) is 3.58. The monoisotopic (exact) mass is 632 g/mol. The summed E-state index contributed by atoms with van der Waals surface area (Å²) in [5, 5.41) is 2.80. The molecule has 44 heavy (non-hydrogen) atoms. The Morgan fingerprint density at radius 1 is 0.886 bits per heavy atom. The third kappa shape index (κ3) is 8.64. The summed E-state index contributed by atoms with van der Waals surface area (Å²) >= 11 is 3.19. The number of rotatable bonds is 14. The zero-order valence-corrected chi connectivity index (χ0v) is 27.3. The Bertz CT molecular complexity index is 1420. The van der Waals surface area contributed by atoms with Crippen LogP contribution in [0.25, 0.3) is 0 Å². The highest BCUT2D eigenvalue weighted by Gasteiger charge is 2.29. The van der Waals surface area contributed by atoms with E-state index in [0.717, 1.165) is 71.4 Å². The van der Waals surface area contributed by atoms with E-state index in [-0.39, 0.29) is 23.3 Å². The molecule has 7 heteroatoms. The third-order valence-electron chi connectivity index (χ3n) is 8.63. The van der Waals surface area contributed by atoms with Gasteiger partial charge in [-0.25, -0.2) is 13.8 Å². The predicted octanol–water partition coefficient (Wildman–Crippen LogP) is 9.97. The van der Waals surface area contributed by atoms with Gasteiger partial charge in [-0.05, 0) is 122 Å². The summed E-state index contributed by atoms with van der Waals surface area (Å²) in [6.07, 6.45) is 6.78. The highest BCUT2D eigenvalue weighted by atomic mass is 32.2. The zero-order valence-electron chi connectivity index (χ0n) is 25.7. The molecule has 1 saturated heterocycles. The van der Waals surface area contributed by atoms with Crippen molar-refractivity contribution in [2.75, 3.05) is 25.4 Å². The van der Waals surface area contributed by atoms with E-state index in [0.29, 0.717) is 17.4 Å². The van der Waals surface area contributed by atoms with Gasteiger partial charge in [0.1, 0.15) is 16.7 Å². The zero-order chi connectivity index (χ0) is 30.9. The first-order valence-corrected chi connectivity index (χ1v) is 17.7. The number of carbonyl (C=O) groups excluding carboxylic acids is 1. The number of piperidine rings is 1. The quantitative estimate of drug-likeness (QED) is 0.0787. The first-order valence-electron chi connectivity index (χ1n) is 15.8. The van der Waals surface area contributed by atoms with Gasteiger partial charge in [0.05, 0.1) is 10.4 Å². The van der Waals surface area contributed by atoms with Gasteiger partial charge >= 0.3 is 0 Å². The number of nitrogens with zero attached hydrogens (tertiary/aromatic N) is 2. The summed E-state index contributed by atoms with van der Waals surface area (Å²) < 4.78 is 27.3. The molecule has 1 aliphatic heterocycles. The molecule has 5 rings (SSSR count). The van der Waals surface area contributed by atoms with Crippen LogP contribution >= 0.6 is 23.1 Å². The van der Waals surface area contributed by atoms with Crippen LogP contribution in [0, 0.1) is 17.6 Å². The van der Waals surface area contributed by atoms with Crippen molar-refractivity contribution in [3.05, 3.63) is 117 Å². The maximum Gasteiger partial charge on any atom is 0.205 e. The first kappa shape index (κ1) is 32.5. The smallest absolute Gasteiger partial charge is 0.205 e. The van der Waals surface area contributed by atoms with E-state index < -0.39 is 0 Å². The lowest BCUT2D eigenvalue weighted by molar-refractivity contribution is 0.103. The second-order valence-electron chi connectivity index (χ2n) is 12.1. The molecule has 1 aliphatic rings. The fourth-order valence-corrected chi connectivity index (χ4v) is 7.85. The largest absolute Gasteiger partial charge is 0.303 e. The van der Waals surface area contributed by atoms with Gasteiger partial charge in [0, 0.05) is 11.6 Å². The van der Waals surface area contributed by atoms with Gasteiger partial charge in [-0.2, -0.15) is 0 Å². The van der Waals surface area contributed by atoms with Gasteiger partial charge in [0.15, 0.2) is 0 Å². The third-order valence-corrected chi connectivity index (χ3v) is 10.6. The molecule has 2 aromatic heterocycles. The van der Waals surface area contributed by atoms with Crippen LogP contribution in [-0.2, 0) is 0 Å². The number of hydrogen-bond donors (Lipinski definition) is 0. The van der Waals surface area contributed by atoms with Gasteiger partial charge < -0.3 is 4.90 Å². The van der Waals surface area contributed by atoms with Crippen molar-refractivity contribution < 1.29 is 13.6 Å². The Morgan fingerprint density at radius 2 is 1.52 bits per heavy atom. The summed E-state index contributed by atoms with van der Waals surface area (Å²) in [4.78, 5) is 21.3. The second kappa shape index (κ2) is 15.9. The molecule has 0 spiro atoms. The molecule has 0 atom stereocenters. The van der Waals surface area contributed by atoms with E-state index in [1.165, 1.54) is 54.9 Å². The number of likely N-dealkylation sites (tertiary alicyclic amines) is 1. The molecular weight excluding hydrogens is 591 g/mol. The van der Waals surface area contributed by atoms with E-state index >= 15 is 0 Å². The van der Waals surface area contributed by atoms with Crippen molar-refractivity contribution in [2.45, 2.75) is 69.2 Å². The van der Waals surface area contributed by atoms with Gasteiger partial charge in [0.25, 0.3) is 0 Å². The van der Waals surface area contributed by atoms with Crippen LogP contribution in [0.4, 0.5) is 8.78 Å². The average molecular weight is 633 g/mol. The molecule has 0 radical (unpaired) electrons. The molecule has 0 bridgehead atoms. The van der Waals surface area contributed by atoms with Crippen LogP contribution < -0.4 is 0 Å². The number of carbonyl (C=O) groups is 1. The minimum atomic E-state index is -0.231. The van der Waals surface area contributed by atoms with E-state index in [9.17, 15) is 13.6 Å². The van der Waals surface area contributed by atoms with Gasteiger partial charge in [-0.3, -0.25) is 4.79 Å². The van der Waals surface area contributed by atoms with Crippen LogP contribution in [0.2, 0.25) is 0 Å². The van der Waals surface area contributed by atoms with Crippen LogP contribution in [0.1, 0.15) is 96.3 Å². The lowest BCUT2D eigenvalue weighted by atomic mass is 9.76. The fourth-order valence-electron chi connectivity index (χ4n) is 6.15. The molecule has 232 valence electrons. The molecule has 4 aromatic rings. The van der Waals surface area contributed by atoms with Crippen molar-refractivity contribution >= 4 is 28.9 Å². The van der Waals surface area contributed by atoms with Gasteiger partial charge in [-0.1, -0.05) is 57.0 Å². The lowest BCUT2D eigenvalue weighted by Gasteiger charge is -2.36. The number of unbranched alkanes of at least 4 members (excludes halogenated alkanes) is 3.